The van der Waals surface area contributed by atoms with Gasteiger partial charge in [-0.2, -0.15) is 0 Å². The van der Waals surface area contributed by atoms with Crippen molar-refractivity contribution in [3.8, 4) is 0 Å². The maximum absolute atomic E-state index is 4.51. The molecule has 126 valence electrons. The first-order chi connectivity index (χ1) is 11.3. The Labute approximate surface area is 146 Å². The summed E-state index contributed by atoms with van der Waals surface area (Å²) in [5.41, 5.74) is 1.15. The molecule has 1 aromatic carbocycles. The van der Waals surface area contributed by atoms with Crippen molar-refractivity contribution < 1.29 is 0 Å². The van der Waals surface area contributed by atoms with E-state index in [0.29, 0.717) is 0 Å². The zero-order valence-electron chi connectivity index (χ0n) is 15.3. The molecular formula is C21H33NSn. The normalized spacial score (nSPS) is 12.0. The van der Waals surface area contributed by atoms with Gasteiger partial charge in [0.05, 0.1) is 0 Å². The Balaban J connectivity index is 2.41. The van der Waals surface area contributed by atoms with Gasteiger partial charge >= 0.3 is 147 Å². The Morgan fingerprint density at radius 2 is 1.43 bits per heavy atom. The minimum atomic E-state index is -2.27. The number of unbranched alkanes of at least 4 members (excludes halogenated alkanes) is 3. The molecular weight excluding hydrogens is 385 g/mol. The number of hydrogen-bond donors (Lipinski definition) is 0. The fourth-order valence-corrected chi connectivity index (χ4v) is 19.8. The number of nitrogens with zero attached hydrogens (tertiary/aromatic N) is 1. The van der Waals surface area contributed by atoms with E-state index < -0.39 is 18.4 Å². The molecule has 0 amide bonds. The number of aromatic nitrogens is 1. The predicted molar refractivity (Wildman–Crippen MR) is 106 cm³/mol. The average molecular weight is 418 g/mol. The third-order valence-electron chi connectivity index (χ3n) is 5.24. The molecule has 0 aliphatic heterocycles. The molecule has 0 bridgehead atoms. The van der Waals surface area contributed by atoms with Gasteiger partial charge in [-0.1, -0.05) is 0 Å². The van der Waals surface area contributed by atoms with E-state index in [9.17, 15) is 0 Å². The van der Waals surface area contributed by atoms with E-state index in [2.05, 4.69) is 56.1 Å². The van der Waals surface area contributed by atoms with Gasteiger partial charge in [-0.3, -0.25) is 0 Å². The fourth-order valence-electron chi connectivity index (χ4n) is 3.76. The van der Waals surface area contributed by atoms with Crippen LogP contribution in [-0.4, -0.2) is 23.4 Å². The molecule has 1 heterocycles. The molecule has 2 heteroatoms. The van der Waals surface area contributed by atoms with Gasteiger partial charge < -0.3 is 0 Å². The van der Waals surface area contributed by atoms with Gasteiger partial charge in [0.25, 0.3) is 0 Å². The summed E-state index contributed by atoms with van der Waals surface area (Å²) in [5.74, 6) is 0. The summed E-state index contributed by atoms with van der Waals surface area (Å²) in [4.78, 5) is 4.51. The van der Waals surface area contributed by atoms with Gasteiger partial charge in [0.15, 0.2) is 0 Å². The maximum atomic E-state index is 4.51. The van der Waals surface area contributed by atoms with E-state index in [1.54, 1.807) is 3.58 Å². The van der Waals surface area contributed by atoms with Crippen LogP contribution >= 0.6 is 0 Å². The number of hydrogen-bond acceptors (Lipinski definition) is 1. The quantitative estimate of drug-likeness (QED) is 0.414. The van der Waals surface area contributed by atoms with Crippen molar-refractivity contribution in [2.24, 2.45) is 0 Å². The molecule has 0 spiro atoms. The van der Waals surface area contributed by atoms with Crippen LogP contribution in [-0.2, 0) is 0 Å². The summed E-state index contributed by atoms with van der Waals surface area (Å²) in [7, 11) is 0. The van der Waals surface area contributed by atoms with E-state index in [-0.39, 0.29) is 0 Å². The molecule has 0 aliphatic carbocycles. The van der Waals surface area contributed by atoms with Crippen LogP contribution in [0.1, 0.15) is 59.3 Å². The molecule has 0 unspecified atom stereocenters. The Bertz CT molecular complexity index is 571. The molecule has 0 atom stereocenters. The Hall–Kier alpha value is -0.571. The number of benzene rings is 1. The minimum absolute atomic E-state index is 1.15. The second-order valence-electron chi connectivity index (χ2n) is 7.00. The van der Waals surface area contributed by atoms with Crippen LogP contribution in [0.25, 0.3) is 10.9 Å². The molecule has 0 radical (unpaired) electrons. The van der Waals surface area contributed by atoms with E-state index in [4.69, 9.17) is 0 Å². The van der Waals surface area contributed by atoms with E-state index in [1.807, 2.05) is 6.20 Å². The van der Waals surface area contributed by atoms with Gasteiger partial charge in [0.2, 0.25) is 0 Å². The van der Waals surface area contributed by atoms with Gasteiger partial charge in [-0.15, -0.1) is 0 Å². The second-order valence-corrected chi connectivity index (χ2v) is 20.2. The van der Waals surface area contributed by atoms with Crippen molar-refractivity contribution in [3.05, 3.63) is 36.5 Å². The molecule has 2 aromatic rings. The van der Waals surface area contributed by atoms with E-state index in [1.165, 1.54) is 57.2 Å². The number of pyridine rings is 1. The van der Waals surface area contributed by atoms with Crippen LogP contribution in [0.2, 0.25) is 13.3 Å². The molecule has 1 nitrogen and oxygen atoms in total. The van der Waals surface area contributed by atoms with E-state index in [0.717, 1.165) is 5.52 Å². The molecule has 0 saturated carbocycles. The van der Waals surface area contributed by atoms with Crippen molar-refractivity contribution in [3.63, 3.8) is 0 Å². The summed E-state index contributed by atoms with van der Waals surface area (Å²) >= 11 is -2.27. The summed E-state index contributed by atoms with van der Waals surface area (Å²) in [6.07, 6.45) is 10.2. The Morgan fingerprint density at radius 1 is 0.826 bits per heavy atom. The third kappa shape index (κ3) is 4.95. The molecule has 2 rings (SSSR count). The average Bonchev–Trinajstić information content (AvgIpc) is 2.61. The monoisotopic (exact) mass is 419 g/mol. The molecule has 0 saturated heterocycles. The molecule has 23 heavy (non-hydrogen) atoms. The van der Waals surface area contributed by atoms with Crippen LogP contribution in [0.15, 0.2) is 36.5 Å². The first-order valence-electron chi connectivity index (χ1n) is 9.61. The van der Waals surface area contributed by atoms with Gasteiger partial charge in [0, 0.05) is 0 Å². The molecule has 0 aliphatic rings. The second kappa shape index (κ2) is 9.66. The van der Waals surface area contributed by atoms with Crippen molar-refractivity contribution in [2.45, 2.75) is 72.6 Å². The third-order valence-corrected chi connectivity index (χ3v) is 20.8. The zero-order valence-corrected chi connectivity index (χ0v) is 18.1. The molecule has 0 fully saturated rings. The first-order valence-corrected chi connectivity index (χ1v) is 17.1. The Kier molecular flexibility index (Phi) is 7.88. The van der Waals surface area contributed by atoms with Crippen molar-refractivity contribution in [2.75, 3.05) is 0 Å². The topological polar surface area (TPSA) is 12.9 Å². The van der Waals surface area contributed by atoms with Gasteiger partial charge in [0.1, 0.15) is 0 Å². The first kappa shape index (κ1) is 18.8. The fraction of sp³-hybridized carbons (Fsp3) is 0.571. The number of rotatable bonds is 10. The van der Waals surface area contributed by atoms with Crippen molar-refractivity contribution in [1.29, 1.82) is 0 Å². The van der Waals surface area contributed by atoms with Crippen LogP contribution in [0, 0.1) is 0 Å². The predicted octanol–water partition coefficient (Wildman–Crippen LogP) is 6.29. The van der Waals surface area contributed by atoms with Crippen LogP contribution in [0.5, 0.6) is 0 Å². The summed E-state index contributed by atoms with van der Waals surface area (Å²) < 4.78 is 6.38. The zero-order chi connectivity index (χ0) is 16.5. The van der Waals surface area contributed by atoms with Crippen LogP contribution < -0.4 is 3.58 Å². The van der Waals surface area contributed by atoms with Crippen molar-refractivity contribution >= 4 is 32.9 Å². The van der Waals surface area contributed by atoms with Gasteiger partial charge in [-0.25, -0.2) is 0 Å². The summed E-state index contributed by atoms with van der Waals surface area (Å²) in [6, 6.07) is 11.6. The molecule has 0 N–H and O–H groups in total. The van der Waals surface area contributed by atoms with Gasteiger partial charge in [-0.05, 0) is 0 Å². The standard InChI is InChI=1S/C9H6N.3C4H9.Sn/c1-2-6-9-8(4-1)5-3-7-10-9;3*1-3-4-2;/h2-7H;3*1,3-4H2,2H3;. The summed E-state index contributed by atoms with van der Waals surface area (Å²) in [5, 5.41) is 1.34. The summed E-state index contributed by atoms with van der Waals surface area (Å²) in [6.45, 7) is 7.04. The van der Waals surface area contributed by atoms with Crippen molar-refractivity contribution in [1.82, 2.24) is 4.98 Å². The van der Waals surface area contributed by atoms with E-state index >= 15 is 0 Å². The SMILES string of the molecule is CCC[CH2][Sn]([CH2]CCC)([CH2]CCC)[c]1ccc2ncccc2c1. The number of fused-ring (bicyclic) bond motifs is 1. The Morgan fingerprint density at radius 3 is 2.00 bits per heavy atom. The molecule has 1 aromatic heterocycles. The van der Waals surface area contributed by atoms with Crippen LogP contribution in [0.4, 0.5) is 0 Å². The van der Waals surface area contributed by atoms with Crippen LogP contribution in [0.3, 0.4) is 0 Å².